The van der Waals surface area contributed by atoms with Crippen LogP contribution in [0.15, 0.2) is 34.9 Å². The van der Waals surface area contributed by atoms with Crippen LogP contribution in [0.5, 0.6) is 0 Å². The number of carbonyl (C=O) groups is 1. The summed E-state index contributed by atoms with van der Waals surface area (Å²) in [5.74, 6) is 0.369. The molecule has 7 nitrogen and oxygen atoms in total. The molecular weight excluding hydrogens is 342 g/mol. The number of nitriles is 1. The quantitative estimate of drug-likeness (QED) is 0.763. The molecular formula is C17H16ClN5O2. The van der Waals surface area contributed by atoms with Gasteiger partial charge >= 0.3 is 0 Å². The SMILES string of the molecule is N#CN1CCN2CCN(c3cc(-c4cccc(Cl)c4)no3)C(=O)C2C1. The van der Waals surface area contributed by atoms with Crippen molar-refractivity contribution in [2.75, 3.05) is 37.6 Å². The molecule has 128 valence electrons. The first kappa shape index (κ1) is 15.9. The Balaban J connectivity index is 1.56. The van der Waals surface area contributed by atoms with E-state index in [4.69, 9.17) is 21.4 Å². The average Bonchev–Trinajstić information content (AvgIpc) is 3.12. The number of halogens is 1. The molecule has 0 radical (unpaired) electrons. The molecule has 3 heterocycles. The fourth-order valence-corrected chi connectivity index (χ4v) is 3.52. The maximum atomic E-state index is 12.9. The second kappa shape index (κ2) is 6.39. The Bertz CT molecular complexity index is 846. The first-order chi connectivity index (χ1) is 12.2. The molecule has 0 saturated carbocycles. The minimum Gasteiger partial charge on any atom is -0.338 e. The van der Waals surface area contributed by atoms with Gasteiger partial charge in [-0.25, -0.2) is 0 Å². The van der Waals surface area contributed by atoms with Gasteiger partial charge in [0.05, 0.1) is 6.54 Å². The number of benzene rings is 1. The van der Waals surface area contributed by atoms with Gasteiger partial charge < -0.3 is 9.42 Å². The Morgan fingerprint density at radius 2 is 2.08 bits per heavy atom. The number of piperazine rings is 2. The molecule has 1 unspecified atom stereocenters. The molecule has 2 aliphatic rings. The number of fused-ring (bicyclic) bond motifs is 1. The monoisotopic (exact) mass is 357 g/mol. The van der Waals surface area contributed by atoms with Crippen LogP contribution < -0.4 is 4.90 Å². The summed E-state index contributed by atoms with van der Waals surface area (Å²) in [4.78, 5) is 18.2. The minimum absolute atomic E-state index is 0.0556. The predicted molar refractivity (Wildman–Crippen MR) is 91.8 cm³/mol. The van der Waals surface area contributed by atoms with Crippen molar-refractivity contribution in [3.05, 3.63) is 35.4 Å². The second-order valence-corrected chi connectivity index (χ2v) is 6.58. The lowest BCUT2D eigenvalue weighted by Gasteiger charge is -2.44. The highest BCUT2D eigenvalue weighted by Gasteiger charge is 2.40. The van der Waals surface area contributed by atoms with Crippen molar-refractivity contribution in [1.29, 1.82) is 5.26 Å². The van der Waals surface area contributed by atoms with Crippen molar-refractivity contribution in [3.8, 4) is 17.5 Å². The third-order valence-electron chi connectivity index (χ3n) is 4.68. The molecule has 2 aliphatic heterocycles. The van der Waals surface area contributed by atoms with Gasteiger partial charge in [0.25, 0.3) is 0 Å². The molecule has 1 atom stereocenters. The highest BCUT2D eigenvalue weighted by Crippen LogP contribution is 2.28. The number of rotatable bonds is 2. The lowest BCUT2D eigenvalue weighted by Crippen LogP contribution is -2.64. The number of hydrogen-bond donors (Lipinski definition) is 0. The van der Waals surface area contributed by atoms with Crippen molar-refractivity contribution in [2.24, 2.45) is 0 Å². The number of amides is 1. The lowest BCUT2D eigenvalue weighted by atomic mass is 10.1. The molecule has 0 bridgehead atoms. The molecule has 2 saturated heterocycles. The lowest BCUT2D eigenvalue weighted by molar-refractivity contribution is -0.128. The number of carbonyl (C=O) groups excluding carboxylic acids is 1. The van der Waals surface area contributed by atoms with Crippen LogP contribution in [0.1, 0.15) is 0 Å². The van der Waals surface area contributed by atoms with Gasteiger partial charge in [0.1, 0.15) is 11.7 Å². The summed E-state index contributed by atoms with van der Waals surface area (Å²) in [5.41, 5.74) is 1.47. The van der Waals surface area contributed by atoms with Crippen molar-refractivity contribution in [2.45, 2.75) is 6.04 Å². The number of nitrogens with zero attached hydrogens (tertiary/aromatic N) is 5. The van der Waals surface area contributed by atoms with E-state index in [1.54, 1.807) is 28.0 Å². The third kappa shape index (κ3) is 2.95. The minimum atomic E-state index is -0.318. The van der Waals surface area contributed by atoms with Crippen LogP contribution in [-0.2, 0) is 4.79 Å². The van der Waals surface area contributed by atoms with Crippen molar-refractivity contribution >= 4 is 23.4 Å². The van der Waals surface area contributed by atoms with E-state index in [1.165, 1.54) is 0 Å². The Morgan fingerprint density at radius 3 is 2.88 bits per heavy atom. The van der Waals surface area contributed by atoms with E-state index < -0.39 is 0 Å². The Morgan fingerprint density at radius 1 is 1.24 bits per heavy atom. The van der Waals surface area contributed by atoms with E-state index in [0.29, 0.717) is 36.2 Å². The Kier molecular flexibility index (Phi) is 4.07. The van der Waals surface area contributed by atoms with E-state index >= 15 is 0 Å². The van der Waals surface area contributed by atoms with Crippen LogP contribution in [0.3, 0.4) is 0 Å². The molecule has 2 aromatic rings. The van der Waals surface area contributed by atoms with E-state index in [0.717, 1.165) is 18.7 Å². The molecule has 0 N–H and O–H groups in total. The van der Waals surface area contributed by atoms with E-state index in [9.17, 15) is 4.79 Å². The third-order valence-corrected chi connectivity index (χ3v) is 4.91. The summed E-state index contributed by atoms with van der Waals surface area (Å²) < 4.78 is 5.42. The fourth-order valence-electron chi connectivity index (χ4n) is 3.33. The van der Waals surface area contributed by atoms with E-state index in [2.05, 4.69) is 16.2 Å². The van der Waals surface area contributed by atoms with Gasteiger partial charge in [0.2, 0.25) is 11.8 Å². The zero-order valence-electron chi connectivity index (χ0n) is 13.4. The van der Waals surface area contributed by atoms with Crippen LogP contribution in [0.4, 0.5) is 5.88 Å². The summed E-state index contributed by atoms with van der Waals surface area (Å²) >= 11 is 6.02. The molecule has 2 fully saturated rings. The largest absolute Gasteiger partial charge is 0.338 e. The summed E-state index contributed by atoms with van der Waals surface area (Å²) in [5, 5.41) is 13.8. The Hall–Kier alpha value is -2.56. The highest BCUT2D eigenvalue weighted by molar-refractivity contribution is 6.30. The maximum absolute atomic E-state index is 12.9. The van der Waals surface area contributed by atoms with Crippen molar-refractivity contribution < 1.29 is 9.32 Å². The van der Waals surface area contributed by atoms with Gasteiger partial charge in [-0.3, -0.25) is 14.6 Å². The predicted octanol–water partition coefficient (Wildman–Crippen LogP) is 1.81. The van der Waals surface area contributed by atoms with Crippen LogP contribution in [0.2, 0.25) is 5.02 Å². The zero-order valence-corrected chi connectivity index (χ0v) is 14.2. The smallest absolute Gasteiger partial charge is 0.248 e. The Labute approximate surface area is 149 Å². The molecule has 1 amide bonds. The topological polar surface area (TPSA) is 76.6 Å². The summed E-state index contributed by atoms with van der Waals surface area (Å²) in [6, 6.07) is 8.76. The van der Waals surface area contributed by atoms with Crippen molar-refractivity contribution in [1.82, 2.24) is 15.0 Å². The fraction of sp³-hybridized carbons (Fsp3) is 0.353. The summed E-state index contributed by atoms with van der Waals surface area (Å²) in [6.07, 6.45) is 2.13. The van der Waals surface area contributed by atoms with Gasteiger partial charge in [-0.2, -0.15) is 5.26 Å². The zero-order chi connectivity index (χ0) is 17.4. The normalized spacial score (nSPS) is 21.1. The molecule has 1 aromatic carbocycles. The maximum Gasteiger partial charge on any atom is 0.248 e. The van der Waals surface area contributed by atoms with E-state index in [1.807, 2.05) is 12.1 Å². The van der Waals surface area contributed by atoms with E-state index in [-0.39, 0.29) is 11.9 Å². The van der Waals surface area contributed by atoms with Crippen LogP contribution in [0.25, 0.3) is 11.3 Å². The highest BCUT2D eigenvalue weighted by atomic mass is 35.5. The summed E-state index contributed by atoms with van der Waals surface area (Å²) in [7, 11) is 0. The second-order valence-electron chi connectivity index (χ2n) is 6.15. The molecule has 4 rings (SSSR count). The number of hydrogen-bond acceptors (Lipinski definition) is 6. The van der Waals surface area contributed by atoms with Crippen LogP contribution >= 0.6 is 11.6 Å². The number of anilines is 1. The van der Waals surface area contributed by atoms with Gasteiger partial charge in [0.15, 0.2) is 6.19 Å². The molecule has 0 spiro atoms. The van der Waals surface area contributed by atoms with Crippen LogP contribution in [-0.4, -0.2) is 59.6 Å². The molecule has 0 aliphatic carbocycles. The average molecular weight is 358 g/mol. The molecule has 25 heavy (non-hydrogen) atoms. The van der Waals surface area contributed by atoms with Gasteiger partial charge in [0, 0.05) is 42.8 Å². The number of aromatic nitrogens is 1. The van der Waals surface area contributed by atoms with Gasteiger partial charge in [-0.05, 0) is 12.1 Å². The first-order valence-electron chi connectivity index (χ1n) is 8.08. The van der Waals surface area contributed by atoms with Gasteiger partial charge in [-0.15, -0.1) is 0 Å². The standard InChI is InChI=1S/C17H16ClN5O2/c18-13-3-1-2-12(8-13)14-9-16(25-20-14)23-7-6-22-5-4-21(11-19)10-15(22)17(23)24/h1-3,8-9,15H,4-7,10H2. The van der Waals surface area contributed by atoms with Gasteiger partial charge in [-0.1, -0.05) is 28.9 Å². The molecule has 1 aromatic heterocycles. The summed E-state index contributed by atoms with van der Waals surface area (Å²) in [6.45, 7) is 3.11. The first-order valence-corrected chi connectivity index (χ1v) is 8.46. The van der Waals surface area contributed by atoms with Crippen LogP contribution in [0, 0.1) is 11.5 Å². The molecule has 8 heteroatoms. The van der Waals surface area contributed by atoms with Crippen molar-refractivity contribution in [3.63, 3.8) is 0 Å².